The molecule has 9 rings (SSSR count). The Labute approximate surface area is 260 Å². The second-order valence-electron chi connectivity index (χ2n) is 13.3. The Balaban J connectivity index is 0.00000256. The van der Waals surface area contributed by atoms with Gasteiger partial charge in [0.2, 0.25) is 0 Å². The largest absolute Gasteiger partial charge is 2.00 e. The molecule has 0 amide bonds. The van der Waals surface area contributed by atoms with Gasteiger partial charge in [0.05, 0.1) is 24.7 Å². The second-order valence-corrected chi connectivity index (χ2v) is 13.3. The number of nitrogens with zero attached hydrogens (tertiary/aromatic N) is 2. The topological polar surface area (TPSA) is 100 Å². The van der Waals surface area contributed by atoms with Crippen molar-refractivity contribution in [3.8, 4) is 0 Å². The van der Waals surface area contributed by atoms with Gasteiger partial charge >= 0.3 is 23.9 Å². The fraction of sp³-hybridized carbons (Fsp3) is 0.625. The van der Waals surface area contributed by atoms with E-state index in [1.165, 1.54) is 73.6 Å². The summed E-state index contributed by atoms with van der Waals surface area (Å²) in [5.41, 5.74) is 5.41. The molecule has 0 aromatic heterocycles. The number of fused-ring (bicyclic) bond motifs is 20. The normalized spacial score (nSPS) is 44.3. The van der Waals surface area contributed by atoms with E-state index in [2.05, 4.69) is 80.4 Å². The Kier molecular flexibility index (Phi) is 7.45. The van der Waals surface area contributed by atoms with E-state index in [-0.39, 0.29) is 73.2 Å². The van der Waals surface area contributed by atoms with Gasteiger partial charge in [0.25, 0.3) is 0 Å². The van der Waals surface area contributed by atoms with Crippen LogP contribution in [-0.4, -0.2) is 48.6 Å². The molecule has 12 unspecified atom stereocenters. The van der Waals surface area contributed by atoms with E-state index in [1.807, 2.05) is 0 Å². The molecule has 5 fully saturated rings. The average Bonchev–Trinajstić information content (AvgIpc) is 3.73. The monoisotopic (exact) mass is 658 g/mol. The predicted octanol–water partition coefficient (Wildman–Crippen LogP) is 4.27. The van der Waals surface area contributed by atoms with Crippen LogP contribution in [0.1, 0.15) is 98.3 Å². The smallest absolute Gasteiger partial charge is 0.632 e. The van der Waals surface area contributed by atoms with Gasteiger partial charge in [0.1, 0.15) is 0 Å². The van der Waals surface area contributed by atoms with Crippen LogP contribution < -0.4 is 31.9 Å². The molecule has 12 atom stereocenters. The molecular formula is C32H42N8Sn. The fourth-order valence-electron chi connectivity index (χ4n) is 9.40. The third kappa shape index (κ3) is 4.64. The van der Waals surface area contributed by atoms with Crippen LogP contribution in [0.5, 0.6) is 0 Å². The average molecular weight is 657 g/mol. The van der Waals surface area contributed by atoms with Crippen LogP contribution in [0.15, 0.2) is 48.5 Å². The zero-order valence-electron chi connectivity index (χ0n) is 23.6. The molecule has 8 bridgehead atoms. The number of nitrogens with one attached hydrogen (secondary N) is 6. The molecule has 8 nitrogen and oxygen atoms in total. The molecule has 2 radical (unpaired) electrons. The summed E-state index contributed by atoms with van der Waals surface area (Å²) in [4.78, 5) is 0. The van der Waals surface area contributed by atoms with Crippen LogP contribution in [0.2, 0.25) is 0 Å². The van der Waals surface area contributed by atoms with Gasteiger partial charge in [-0.05, 0) is 45.9 Å². The number of hydrogen-bond donors (Lipinski definition) is 6. The first-order valence-corrected chi connectivity index (χ1v) is 15.9. The molecule has 5 heterocycles. The first kappa shape index (κ1) is 27.5. The minimum Gasteiger partial charge on any atom is -0.632 e. The summed E-state index contributed by atoms with van der Waals surface area (Å²) in [5.74, 6) is 2.29. The maximum atomic E-state index is 5.48. The summed E-state index contributed by atoms with van der Waals surface area (Å²) in [5, 5.41) is 34.9. The summed E-state index contributed by atoms with van der Waals surface area (Å²) in [6, 6.07) is 17.9. The summed E-state index contributed by atoms with van der Waals surface area (Å²) in [6.07, 6.45) is 11.2. The van der Waals surface area contributed by atoms with Crippen molar-refractivity contribution >= 4 is 23.9 Å². The Hall–Kier alpha value is -1.08. The Bertz CT molecular complexity index is 1070. The van der Waals surface area contributed by atoms with Crippen LogP contribution >= 0.6 is 0 Å². The van der Waals surface area contributed by atoms with Gasteiger partial charge in [-0.2, -0.15) is 0 Å². The van der Waals surface area contributed by atoms with Crippen molar-refractivity contribution in [2.75, 3.05) is 0 Å². The van der Waals surface area contributed by atoms with Crippen molar-refractivity contribution in [3.63, 3.8) is 0 Å². The van der Waals surface area contributed by atoms with Crippen molar-refractivity contribution in [1.82, 2.24) is 31.9 Å². The van der Waals surface area contributed by atoms with E-state index in [0.717, 1.165) is 0 Å². The van der Waals surface area contributed by atoms with Gasteiger partial charge in [0.15, 0.2) is 0 Å². The summed E-state index contributed by atoms with van der Waals surface area (Å²) in [6.45, 7) is 0. The van der Waals surface area contributed by atoms with E-state index in [4.69, 9.17) is 10.6 Å². The van der Waals surface area contributed by atoms with E-state index >= 15 is 0 Å². The molecular weight excluding hydrogens is 615 g/mol. The molecule has 2 saturated carbocycles. The molecule has 2 aromatic carbocycles. The van der Waals surface area contributed by atoms with Gasteiger partial charge in [-0.1, -0.05) is 125 Å². The van der Waals surface area contributed by atoms with E-state index < -0.39 is 0 Å². The van der Waals surface area contributed by atoms with Gasteiger partial charge in [-0.25, -0.2) is 0 Å². The zero-order valence-corrected chi connectivity index (χ0v) is 26.5. The van der Waals surface area contributed by atoms with Crippen LogP contribution in [0.4, 0.5) is 0 Å². The number of hydrogen-bond acceptors (Lipinski definition) is 6. The molecule has 7 aliphatic rings. The molecule has 2 aromatic rings. The quantitative estimate of drug-likeness (QED) is 0.237. The molecule has 5 aliphatic heterocycles. The number of rotatable bonds is 0. The maximum Gasteiger partial charge on any atom is 2.00 e. The van der Waals surface area contributed by atoms with Gasteiger partial charge in [0, 0.05) is 0 Å². The first-order chi connectivity index (χ1) is 19.8. The summed E-state index contributed by atoms with van der Waals surface area (Å²) < 4.78 is 0. The van der Waals surface area contributed by atoms with Gasteiger partial charge in [-0.3, -0.25) is 10.6 Å². The summed E-state index contributed by atoms with van der Waals surface area (Å²) in [7, 11) is 0. The molecule has 41 heavy (non-hydrogen) atoms. The standard InChI is InChI=1S/C32H42N8.Sn/c1-2-10-18-17(9-1)25-33-26(18)38-28-21-13-5-6-14-22(21)30(35-28)40-32-24-16-8-7-15-23(24)31(36-32)39-29-20-12-4-3-11-19(20)27(34-29)37-25;/h1-2,7-10,15-16,19-22,25-33,36-40H,3-6,11-14H2;/q-2;+2. The Morgan fingerprint density at radius 3 is 0.951 bits per heavy atom. The van der Waals surface area contributed by atoms with Crippen LogP contribution in [0.3, 0.4) is 0 Å². The third-order valence-electron chi connectivity index (χ3n) is 11.3. The summed E-state index contributed by atoms with van der Waals surface area (Å²) >= 11 is 0. The van der Waals surface area contributed by atoms with Gasteiger partial charge in [-0.15, -0.1) is 0 Å². The fourth-order valence-corrected chi connectivity index (χ4v) is 9.40. The minimum absolute atomic E-state index is 0. The van der Waals surface area contributed by atoms with Crippen molar-refractivity contribution in [2.24, 2.45) is 23.7 Å². The predicted molar refractivity (Wildman–Crippen MR) is 161 cm³/mol. The molecule has 9 heteroatoms. The maximum absolute atomic E-state index is 5.48. The van der Waals surface area contributed by atoms with Crippen molar-refractivity contribution in [1.29, 1.82) is 0 Å². The molecule has 0 spiro atoms. The molecule has 2 aliphatic carbocycles. The van der Waals surface area contributed by atoms with Gasteiger partial charge < -0.3 is 31.9 Å². The minimum atomic E-state index is 0. The molecule has 214 valence electrons. The zero-order chi connectivity index (χ0) is 26.2. The van der Waals surface area contributed by atoms with E-state index in [9.17, 15) is 0 Å². The van der Waals surface area contributed by atoms with Crippen molar-refractivity contribution in [2.45, 2.75) is 101 Å². The Morgan fingerprint density at radius 2 is 0.683 bits per heavy atom. The number of benzene rings is 2. The Morgan fingerprint density at radius 1 is 0.415 bits per heavy atom. The van der Waals surface area contributed by atoms with Crippen molar-refractivity contribution in [3.05, 3.63) is 81.4 Å². The molecule has 3 saturated heterocycles. The SMILES string of the molecule is [Sn+2].c1ccc2c(c1)C1NC2NC2[N-]C(NC3NC(NC4[N-]C(N1)C1CCCCC41)c1ccccc13)C1CCCCC21. The first-order valence-electron chi connectivity index (χ1n) is 15.9. The third-order valence-corrected chi connectivity index (χ3v) is 11.3. The van der Waals surface area contributed by atoms with Crippen LogP contribution in [0, 0.1) is 23.7 Å². The molecule has 6 N–H and O–H groups in total. The van der Waals surface area contributed by atoms with Crippen LogP contribution in [-0.2, 0) is 0 Å². The van der Waals surface area contributed by atoms with E-state index in [0.29, 0.717) is 23.7 Å². The van der Waals surface area contributed by atoms with Crippen LogP contribution in [0.25, 0.3) is 10.6 Å². The second kappa shape index (κ2) is 11.1. The van der Waals surface area contributed by atoms with Crippen molar-refractivity contribution < 1.29 is 0 Å². The van der Waals surface area contributed by atoms with E-state index in [1.54, 1.807) is 0 Å².